The minimum Gasteiger partial charge on any atom is -0.367 e. The summed E-state index contributed by atoms with van der Waals surface area (Å²) in [5, 5.41) is 3.39. The van der Waals surface area contributed by atoms with Crippen LogP contribution in [0.3, 0.4) is 0 Å². The van der Waals surface area contributed by atoms with E-state index in [-0.39, 0.29) is 0 Å². The summed E-state index contributed by atoms with van der Waals surface area (Å²) >= 11 is 3.52. The van der Waals surface area contributed by atoms with Crippen LogP contribution in [-0.4, -0.2) is 25.2 Å². The number of nitrogens with zero attached hydrogens (tertiary/aromatic N) is 1. The van der Waals surface area contributed by atoms with Gasteiger partial charge in [-0.05, 0) is 47.3 Å². The zero-order chi connectivity index (χ0) is 12.4. The molecule has 0 radical (unpaired) electrons. The lowest BCUT2D eigenvalue weighted by Crippen LogP contribution is -2.24. The van der Waals surface area contributed by atoms with Gasteiger partial charge < -0.3 is 14.8 Å². The van der Waals surface area contributed by atoms with Crippen LogP contribution >= 0.6 is 15.9 Å². The number of halogens is 1. The maximum Gasteiger partial charge on any atom is 0.201 e. The minimum absolute atomic E-state index is 0.436. The first kappa shape index (κ1) is 12.8. The number of rotatable bonds is 3. The molecular formula is C12H17BrN2O2. The van der Waals surface area contributed by atoms with Crippen LogP contribution < -0.4 is 5.32 Å². The number of aryl methyl sites for hydroxylation is 1. The van der Waals surface area contributed by atoms with Gasteiger partial charge in [0.15, 0.2) is 0 Å². The number of methoxy groups -OCH3 is 2. The van der Waals surface area contributed by atoms with Gasteiger partial charge in [0.1, 0.15) is 11.5 Å². The molecule has 1 atom stereocenters. The Morgan fingerprint density at radius 3 is 2.82 bits per heavy atom. The van der Waals surface area contributed by atoms with Gasteiger partial charge in [0.2, 0.25) is 6.29 Å². The Labute approximate surface area is 110 Å². The summed E-state index contributed by atoms with van der Waals surface area (Å²) in [5.74, 6) is 0.945. The monoisotopic (exact) mass is 300 g/mol. The number of nitrogens with one attached hydrogen (secondary N) is 1. The molecule has 1 N–H and O–H groups in total. The van der Waals surface area contributed by atoms with Crippen molar-refractivity contribution in [2.45, 2.75) is 32.1 Å². The fourth-order valence-electron chi connectivity index (χ4n) is 2.02. The molecule has 0 aromatic carbocycles. The van der Waals surface area contributed by atoms with Gasteiger partial charge in [-0.15, -0.1) is 0 Å². The summed E-state index contributed by atoms with van der Waals surface area (Å²) in [5.41, 5.74) is 2.01. The molecule has 5 heteroatoms. The second kappa shape index (κ2) is 5.33. The van der Waals surface area contributed by atoms with Crippen LogP contribution in [0.25, 0.3) is 0 Å². The van der Waals surface area contributed by atoms with E-state index in [4.69, 9.17) is 9.47 Å². The van der Waals surface area contributed by atoms with Crippen molar-refractivity contribution >= 4 is 21.7 Å². The molecule has 1 aliphatic heterocycles. The van der Waals surface area contributed by atoms with Gasteiger partial charge in [0.25, 0.3) is 0 Å². The van der Waals surface area contributed by atoms with E-state index in [1.165, 1.54) is 5.56 Å². The molecule has 0 amide bonds. The Morgan fingerprint density at radius 2 is 2.18 bits per heavy atom. The van der Waals surface area contributed by atoms with Gasteiger partial charge in [-0.25, -0.2) is 4.98 Å². The smallest absolute Gasteiger partial charge is 0.201 e. The fraction of sp³-hybridized carbons (Fsp3) is 0.583. The number of pyridine rings is 1. The normalized spacial score (nSPS) is 19.0. The first-order valence-corrected chi connectivity index (χ1v) is 6.46. The first-order chi connectivity index (χ1) is 8.15. The van der Waals surface area contributed by atoms with Crippen LogP contribution in [0.2, 0.25) is 0 Å². The Balaban J connectivity index is 2.38. The summed E-state index contributed by atoms with van der Waals surface area (Å²) in [6.45, 7) is 2.16. The van der Waals surface area contributed by atoms with Crippen molar-refractivity contribution in [3.63, 3.8) is 0 Å². The molecule has 0 aliphatic carbocycles. The highest BCUT2D eigenvalue weighted by Crippen LogP contribution is 2.31. The molecule has 0 spiro atoms. The lowest BCUT2D eigenvalue weighted by Gasteiger charge is -2.25. The van der Waals surface area contributed by atoms with Crippen LogP contribution in [0.5, 0.6) is 0 Å². The topological polar surface area (TPSA) is 43.4 Å². The van der Waals surface area contributed by atoms with Crippen molar-refractivity contribution in [2.75, 3.05) is 19.5 Å². The highest BCUT2D eigenvalue weighted by Gasteiger charge is 2.21. The third kappa shape index (κ3) is 2.61. The maximum absolute atomic E-state index is 5.24. The summed E-state index contributed by atoms with van der Waals surface area (Å²) in [6.07, 6.45) is 1.76. The van der Waals surface area contributed by atoms with Crippen LogP contribution in [-0.2, 0) is 15.9 Å². The second-order valence-corrected chi connectivity index (χ2v) is 5.10. The Bertz CT molecular complexity index is 408. The Morgan fingerprint density at radius 1 is 1.47 bits per heavy atom. The van der Waals surface area contributed by atoms with E-state index in [1.54, 1.807) is 14.2 Å². The Kier molecular flexibility index (Phi) is 4.01. The van der Waals surface area contributed by atoms with Crippen LogP contribution in [0, 0.1) is 0 Å². The van der Waals surface area contributed by atoms with Gasteiger partial charge in [-0.2, -0.15) is 0 Å². The van der Waals surface area contributed by atoms with E-state index in [2.05, 4.69) is 39.2 Å². The van der Waals surface area contributed by atoms with Crippen molar-refractivity contribution in [1.29, 1.82) is 0 Å². The summed E-state index contributed by atoms with van der Waals surface area (Å²) in [4.78, 5) is 4.60. The molecule has 94 valence electrons. The van der Waals surface area contributed by atoms with Crippen molar-refractivity contribution in [1.82, 2.24) is 4.98 Å². The molecule has 17 heavy (non-hydrogen) atoms. The molecule has 1 aromatic rings. The fourth-order valence-corrected chi connectivity index (χ4v) is 2.57. The van der Waals surface area contributed by atoms with Crippen LogP contribution in [0.1, 0.15) is 30.9 Å². The largest absolute Gasteiger partial charge is 0.367 e. The number of fused-ring (bicyclic) bond motifs is 1. The molecule has 1 aromatic heterocycles. The molecule has 2 rings (SSSR count). The molecule has 4 nitrogen and oxygen atoms in total. The van der Waals surface area contributed by atoms with Gasteiger partial charge in [-0.3, -0.25) is 0 Å². The average molecular weight is 301 g/mol. The molecule has 0 bridgehead atoms. The summed E-state index contributed by atoms with van der Waals surface area (Å²) in [6, 6.07) is 2.56. The number of aromatic nitrogens is 1. The quantitative estimate of drug-likeness (QED) is 0.872. The highest BCUT2D eigenvalue weighted by atomic mass is 79.9. The number of anilines is 1. The molecule has 0 unspecified atom stereocenters. The summed E-state index contributed by atoms with van der Waals surface area (Å²) in [7, 11) is 3.22. The minimum atomic E-state index is -0.436. The van der Waals surface area contributed by atoms with Crippen molar-refractivity contribution < 1.29 is 9.47 Å². The molecule has 2 heterocycles. The Hall–Kier alpha value is -0.650. The third-order valence-electron chi connectivity index (χ3n) is 2.96. The van der Waals surface area contributed by atoms with Crippen molar-refractivity contribution in [2.24, 2.45) is 0 Å². The highest BCUT2D eigenvalue weighted by molar-refractivity contribution is 9.10. The third-order valence-corrected chi connectivity index (χ3v) is 3.60. The van der Waals surface area contributed by atoms with Gasteiger partial charge in [0.05, 0.1) is 0 Å². The van der Waals surface area contributed by atoms with Crippen LogP contribution in [0.15, 0.2) is 10.5 Å². The number of hydrogen-bond donors (Lipinski definition) is 1. The lowest BCUT2D eigenvalue weighted by molar-refractivity contribution is -0.109. The molecule has 0 saturated heterocycles. The van der Waals surface area contributed by atoms with Gasteiger partial charge in [-0.1, -0.05) is 0 Å². The first-order valence-electron chi connectivity index (χ1n) is 5.67. The van der Waals surface area contributed by atoms with E-state index in [0.717, 1.165) is 28.8 Å². The van der Waals surface area contributed by atoms with E-state index >= 15 is 0 Å². The number of ether oxygens (including phenoxy) is 2. The lowest BCUT2D eigenvalue weighted by atomic mass is 10.0. The zero-order valence-corrected chi connectivity index (χ0v) is 11.9. The summed E-state index contributed by atoms with van der Waals surface area (Å²) < 4.78 is 11.4. The van der Waals surface area contributed by atoms with Gasteiger partial charge >= 0.3 is 0 Å². The molecule has 0 saturated carbocycles. The molecular weight excluding hydrogens is 284 g/mol. The van der Waals surface area contributed by atoms with Gasteiger partial charge in [0, 0.05) is 24.7 Å². The van der Waals surface area contributed by atoms with Crippen molar-refractivity contribution in [3.8, 4) is 0 Å². The second-order valence-electron chi connectivity index (χ2n) is 4.25. The van der Waals surface area contributed by atoms with E-state index in [0.29, 0.717) is 6.04 Å². The number of hydrogen-bond acceptors (Lipinski definition) is 4. The maximum atomic E-state index is 5.24. The predicted octanol–water partition coefficient (Wildman–Crippen LogP) is 2.88. The standard InChI is InChI=1S/C12H17BrN2O2/c1-7-4-5-8-6-9(13)10(12(16-2)17-3)15-11(8)14-7/h6-7,12H,4-5H2,1-3H3,(H,14,15)/t7-/m0/s1. The zero-order valence-electron chi connectivity index (χ0n) is 10.3. The molecule has 1 aliphatic rings. The average Bonchev–Trinajstić information content (AvgIpc) is 2.32. The van der Waals surface area contributed by atoms with Crippen molar-refractivity contribution in [3.05, 3.63) is 21.8 Å². The van der Waals surface area contributed by atoms with E-state index in [9.17, 15) is 0 Å². The SMILES string of the molecule is COC(OC)c1nc2c(cc1Br)CC[C@H](C)N2. The van der Waals surface area contributed by atoms with E-state index in [1.807, 2.05) is 0 Å². The predicted molar refractivity (Wildman–Crippen MR) is 70.1 cm³/mol. The molecule has 0 fully saturated rings. The van der Waals surface area contributed by atoms with E-state index < -0.39 is 6.29 Å². The van der Waals surface area contributed by atoms with Crippen LogP contribution in [0.4, 0.5) is 5.82 Å².